The van der Waals surface area contributed by atoms with Crippen molar-refractivity contribution in [3.63, 3.8) is 0 Å². The van der Waals surface area contributed by atoms with Crippen molar-refractivity contribution in [1.29, 1.82) is 0 Å². The van der Waals surface area contributed by atoms with Crippen molar-refractivity contribution in [3.8, 4) is 0 Å². The Morgan fingerprint density at radius 1 is 2.00 bits per heavy atom. The second kappa shape index (κ2) is 5.23. The topological polar surface area (TPSA) is 69.0 Å². The molecule has 0 heterocycles. The van der Waals surface area contributed by atoms with Gasteiger partial charge in [-0.15, -0.1) is 0 Å². The molecule has 0 aromatic heterocycles. The Morgan fingerprint density at radius 2 is 2.64 bits per heavy atom. The molecule has 1 amide bonds. The number of ether oxygens (including phenoxy) is 1. The monoisotopic (exact) mass is 155 g/mol. The molecule has 0 aliphatic heterocycles. The number of rotatable bonds is 4. The van der Waals surface area contributed by atoms with E-state index in [1.54, 1.807) is 6.92 Å². The lowest BCUT2D eigenvalue weighted by molar-refractivity contribution is -0.118. The molecule has 2 N–H and O–H groups in total. The van der Waals surface area contributed by atoms with Crippen LogP contribution >= 0.6 is 0 Å². The van der Waals surface area contributed by atoms with Crippen LogP contribution in [-0.4, -0.2) is 25.1 Å². The number of nitrogens with zero attached hydrogens (tertiary/aromatic N) is 2. The number of carbonyl (C=O) groups is 1. The Bertz CT molecular complexity index is 194. The zero-order chi connectivity index (χ0) is 8.69. The molecule has 0 rings (SSSR count). The van der Waals surface area contributed by atoms with Crippen molar-refractivity contribution in [3.05, 3.63) is 11.4 Å². The summed E-state index contributed by atoms with van der Waals surface area (Å²) in [5.41, 5.74) is 4.81. The van der Waals surface area contributed by atoms with Gasteiger partial charge < -0.3 is 10.5 Å². The smallest absolute Gasteiger partial charge is 0.395 e. The molecule has 5 nitrogen and oxygen atoms in total. The summed E-state index contributed by atoms with van der Waals surface area (Å²) >= 11 is 0. The molecule has 11 heavy (non-hydrogen) atoms. The lowest BCUT2D eigenvalue weighted by atomic mass is 10.5. The average molecular weight is 155 g/mol. The van der Waals surface area contributed by atoms with Crippen molar-refractivity contribution < 1.29 is 9.53 Å². The number of hydrogen-bond acceptors (Lipinski definition) is 3. The Hall–Kier alpha value is -1.57. The minimum absolute atomic E-state index is 0.451. The maximum Gasteiger partial charge on any atom is 0.395 e. The molecular formula is C6H9N3O2. The van der Waals surface area contributed by atoms with E-state index in [4.69, 9.17) is 12.3 Å². The first-order valence-electron chi connectivity index (χ1n) is 3.01. The number of hydrogen-bond donors (Lipinski definition) is 1. The summed E-state index contributed by atoms with van der Waals surface area (Å²) in [6.45, 7) is 8.70. The van der Waals surface area contributed by atoms with E-state index in [2.05, 4.69) is 14.6 Å². The Labute approximate surface area is 64.7 Å². The number of carbonyl (C=O) groups excluding carboxylic acids is 1. The Kier molecular flexibility index (Phi) is 4.49. The molecular weight excluding hydrogens is 146 g/mol. The molecule has 1 atom stereocenters. The fourth-order valence-corrected chi connectivity index (χ4v) is 0.346. The zero-order valence-electron chi connectivity index (χ0n) is 6.15. The molecule has 0 aromatic rings. The third kappa shape index (κ3) is 3.92. The summed E-state index contributed by atoms with van der Waals surface area (Å²) in [4.78, 5) is 16.7. The molecule has 0 aromatic carbocycles. The summed E-state index contributed by atoms with van der Waals surface area (Å²) < 4.78 is 4.67. The van der Waals surface area contributed by atoms with Crippen LogP contribution < -0.4 is 5.73 Å². The highest BCUT2D eigenvalue weighted by Crippen LogP contribution is 1.89. The zero-order valence-corrected chi connectivity index (χ0v) is 6.15. The highest BCUT2D eigenvalue weighted by molar-refractivity contribution is 5.82. The first-order valence-corrected chi connectivity index (χ1v) is 3.01. The second-order valence-corrected chi connectivity index (χ2v) is 1.61. The average Bonchev–Trinajstić information content (AvgIpc) is 1.97. The standard InChI is InChI=1S/C6H9N3O2/c1-3-11-4-9-6(8-2)5(7)10/h4,6H,3H2,1H3,(H2,7,10). The van der Waals surface area contributed by atoms with Gasteiger partial charge in [-0.05, 0) is 6.92 Å². The Balaban J connectivity index is 3.90. The van der Waals surface area contributed by atoms with E-state index >= 15 is 0 Å². The van der Waals surface area contributed by atoms with E-state index < -0.39 is 12.1 Å². The van der Waals surface area contributed by atoms with Gasteiger partial charge in [-0.25, -0.2) is 6.57 Å². The van der Waals surface area contributed by atoms with Crippen LogP contribution in [0.25, 0.3) is 4.85 Å². The number of amides is 1. The SMILES string of the molecule is [C-]#[N+]C(N=COCC)C(N)=O. The lowest BCUT2D eigenvalue weighted by Crippen LogP contribution is -2.23. The van der Waals surface area contributed by atoms with E-state index in [9.17, 15) is 4.79 Å². The third-order valence-corrected chi connectivity index (χ3v) is 0.820. The molecule has 0 aliphatic carbocycles. The van der Waals surface area contributed by atoms with Crippen molar-refractivity contribution >= 4 is 12.3 Å². The van der Waals surface area contributed by atoms with E-state index in [1.807, 2.05) is 0 Å². The quantitative estimate of drug-likeness (QED) is 0.346. The van der Waals surface area contributed by atoms with E-state index in [-0.39, 0.29) is 0 Å². The van der Waals surface area contributed by atoms with Crippen LogP contribution in [0.3, 0.4) is 0 Å². The fraction of sp³-hybridized carbons (Fsp3) is 0.500. The van der Waals surface area contributed by atoms with Crippen LogP contribution in [0.1, 0.15) is 6.92 Å². The summed E-state index contributed by atoms with van der Waals surface area (Å²) in [7, 11) is 0. The minimum Gasteiger partial charge on any atom is -0.483 e. The highest BCUT2D eigenvalue weighted by Gasteiger charge is 2.16. The van der Waals surface area contributed by atoms with Crippen molar-refractivity contribution in [2.75, 3.05) is 6.61 Å². The Morgan fingerprint density at radius 3 is 3.00 bits per heavy atom. The molecule has 5 heteroatoms. The van der Waals surface area contributed by atoms with Crippen molar-refractivity contribution in [2.24, 2.45) is 10.7 Å². The molecule has 0 fully saturated rings. The molecule has 0 radical (unpaired) electrons. The summed E-state index contributed by atoms with van der Waals surface area (Å²) in [5.74, 6) is -0.768. The minimum atomic E-state index is -1.15. The van der Waals surface area contributed by atoms with Gasteiger partial charge in [0.05, 0.1) is 6.61 Å². The summed E-state index contributed by atoms with van der Waals surface area (Å²) in [6.07, 6.45) is -0.0884. The molecule has 0 aliphatic rings. The first kappa shape index (κ1) is 9.43. The van der Waals surface area contributed by atoms with Gasteiger partial charge in [0.1, 0.15) is 0 Å². The molecule has 0 spiro atoms. The van der Waals surface area contributed by atoms with Gasteiger partial charge in [-0.3, -0.25) is 9.64 Å². The van der Waals surface area contributed by atoms with E-state index in [0.29, 0.717) is 6.61 Å². The first-order chi connectivity index (χ1) is 5.22. The van der Waals surface area contributed by atoms with Gasteiger partial charge in [0, 0.05) is 0 Å². The lowest BCUT2D eigenvalue weighted by Gasteiger charge is -1.93. The van der Waals surface area contributed by atoms with E-state index in [1.165, 1.54) is 0 Å². The maximum atomic E-state index is 10.4. The number of nitrogens with two attached hydrogens (primary N) is 1. The summed E-state index contributed by atoms with van der Waals surface area (Å²) in [6, 6.07) is 0. The highest BCUT2D eigenvalue weighted by atomic mass is 16.5. The normalized spacial score (nSPS) is 12.4. The van der Waals surface area contributed by atoms with Crippen LogP contribution in [-0.2, 0) is 9.53 Å². The van der Waals surface area contributed by atoms with Crippen LogP contribution in [0.15, 0.2) is 4.99 Å². The summed E-state index contributed by atoms with van der Waals surface area (Å²) in [5, 5.41) is 0. The van der Waals surface area contributed by atoms with Gasteiger partial charge >= 0.3 is 12.1 Å². The third-order valence-electron chi connectivity index (χ3n) is 0.820. The van der Waals surface area contributed by atoms with Gasteiger partial charge in [-0.1, -0.05) is 0 Å². The molecule has 60 valence electrons. The van der Waals surface area contributed by atoms with Crippen LogP contribution in [0, 0.1) is 6.57 Å². The van der Waals surface area contributed by atoms with Crippen molar-refractivity contribution in [1.82, 2.24) is 0 Å². The van der Waals surface area contributed by atoms with E-state index in [0.717, 1.165) is 6.40 Å². The van der Waals surface area contributed by atoms with Crippen LogP contribution in [0.2, 0.25) is 0 Å². The fourth-order valence-electron chi connectivity index (χ4n) is 0.346. The van der Waals surface area contributed by atoms with Crippen molar-refractivity contribution in [2.45, 2.75) is 13.1 Å². The van der Waals surface area contributed by atoms with Gasteiger partial charge in [-0.2, -0.15) is 4.99 Å². The number of aliphatic imine (C=N–C) groups is 1. The van der Waals surface area contributed by atoms with Gasteiger partial charge in [0.25, 0.3) is 0 Å². The predicted molar refractivity (Wildman–Crippen MR) is 39.7 cm³/mol. The maximum absolute atomic E-state index is 10.4. The van der Waals surface area contributed by atoms with Gasteiger partial charge in [0.15, 0.2) is 6.40 Å². The predicted octanol–water partition coefficient (Wildman–Crippen LogP) is -0.218. The molecule has 0 saturated carbocycles. The van der Waals surface area contributed by atoms with Crippen LogP contribution in [0.5, 0.6) is 0 Å². The second-order valence-electron chi connectivity index (χ2n) is 1.61. The molecule has 0 bridgehead atoms. The largest absolute Gasteiger partial charge is 0.483 e. The molecule has 0 saturated heterocycles. The molecule has 1 unspecified atom stereocenters. The van der Waals surface area contributed by atoms with Crippen LogP contribution in [0.4, 0.5) is 0 Å². The number of primary amides is 1. The van der Waals surface area contributed by atoms with Gasteiger partial charge in [0.2, 0.25) is 0 Å².